The van der Waals surface area contributed by atoms with Gasteiger partial charge in [0.1, 0.15) is 5.82 Å². The van der Waals surface area contributed by atoms with E-state index in [2.05, 4.69) is 27.7 Å². The van der Waals surface area contributed by atoms with Gasteiger partial charge < -0.3 is 5.32 Å². The number of halogens is 1. The van der Waals surface area contributed by atoms with E-state index in [-0.39, 0.29) is 24.1 Å². The molecular formula is C21H24FN3O2S. The lowest BCUT2D eigenvalue weighted by Gasteiger charge is -2.32. The second-order valence-electron chi connectivity index (χ2n) is 7.51. The monoisotopic (exact) mass is 401 g/mol. The van der Waals surface area contributed by atoms with E-state index < -0.39 is 6.04 Å². The van der Waals surface area contributed by atoms with Crippen molar-refractivity contribution in [1.82, 2.24) is 10.2 Å². The van der Waals surface area contributed by atoms with Gasteiger partial charge in [0.15, 0.2) is 0 Å². The molecular weight excluding hydrogens is 377 g/mol. The number of hydrogen-bond acceptors (Lipinski definition) is 5. The maximum absolute atomic E-state index is 13.1. The predicted molar refractivity (Wildman–Crippen MR) is 108 cm³/mol. The fourth-order valence-electron chi connectivity index (χ4n) is 3.93. The third-order valence-corrected chi connectivity index (χ3v) is 6.41. The lowest BCUT2D eigenvalue weighted by atomic mass is 9.96. The van der Waals surface area contributed by atoms with E-state index in [0.29, 0.717) is 11.6 Å². The molecule has 4 rings (SSSR count). The van der Waals surface area contributed by atoms with Crippen molar-refractivity contribution >= 4 is 28.8 Å². The molecule has 2 aliphatic heterocycles. The Hall–Kier alpha value is -2.09. The molecule has 1 aromatic heterocycles. The Kier molecular flexibility index (Phi) is 5.85. The van der Waals surface area contributed by atoms with Gasteiger partial charge in [-0.05, 0) is 74.1 Å². The molecule has 2 aromatic rings. The highest BCUT2D eigenvalue weighted by atomic mass is 32.1. The number of rotatable bonds is 6. The van der Waals surface area contributed by atoms with Crippen LogP contribution in [0.3, 0.4) is 0 Å². The van der Waals surface area contributed by atoms with E-state index in [1.807, 2.05) is 0 Å². The maximum Gasteiger partial charge on any atom is 0.251 e. The second-order valence-corrected chi connectivity index (χ2v) is 8.54. The summed E-state index contributed by atoms with van der Waals surface area (Å²) in [5.41, 5.74) is 0.433. The highest BCUT2D eigenvalue weighted by molar-refractivity contribution is 7.09. The Morgan fingerprint density at radius 1 is 1.11 bits per heavy atom. The Labute approximate surface area is 168 Å². The van der Waals surface area contributed by atoms with E-state index >= 15 is 0 Å². The van der Waals surface area contributed by atoms with Gasteiger partial charge in [-0.15, -0.1) is 11.3 Å². The van der Waals surface area contributed by atoms with E-state index in [4.69, 9.17) is 0 Å². The number of amides is 2. The Bertz CT molecular complexity index is 817. The number of nitrogens with zero attached hydrogens (tertiary/aromatic N) is 2. The lowest BCUT2D eigenvalue weighted by molar-refractivity contribution is -0.121. The molecule has 0 saturated carbocycles. The normalized spacial score (nSPS) is 21.6. The molecule has 1 atom stereocenters. The highest BCUT2D eigenvalue weighted by Gasteiger charge is 2.39. The summed E-state index contributed by atoms with van der Waals surface area (Å²) < 4.78 is 13.1. The number of likely N-dealkylation sites (tertiary alicyclic amines) is 1. The summed E-state index contributed by atoms with van der Waals surface area (Å²) in [4.78, 5) is 30.0. The van der Waals surface area contributed by atoms with Crippen LogP contribution in [-0.2, 0) is 16.1 Å². The van der Waals surface area contributed by atoms with E-state index in [9.17, 15) is 14.0 Å². The molecule has 5 nitrogen and oxygen atoms in total. The largest absolute Gasteiger partial charge is 0.305 e. The van der Waals surface area contributed by atoms with Gasteiger partial charge in [0, 0.05) is 11.4 Å². The van der Waals surface area contributed by atoms with Crippen molar-refractivity contribution in [1.29, 1.82) is 0 Å². The molecule has 0 radical (unpaired) electrons. The van der Waals surface area contributed by atoms with Crippen molar-refractivity contribution in [2.24, 2.45) is 5.92 Å². The van der Waals surface area contributed by atoms with E-state index in [1.54, 1.807) is 11.3 Å². The Balaban J connectivity index is 1.26. The van der Waals surface area contributed by atoms with Gasteiger partial charge in [-0.25, -0.2) is 9.29 Å². The number of imide groups is 1. The molecule has 7 heteroatoms. The Morgan fingerprint density at radius 2 is 1.86 bits per heavy atom. The van der Waals surface area contributed by atoms with Crippen LogP contribution in [0.5, 0.6) is 0 Å². The number of anilines is 1. The molecule has 1 unspecified atom stereocenters. The molecule has 28 heavy (non-hydrogen) atoms. The molecule has 2 aliphatic rings. The van der Waals surface area contributed by atoms with Crippen LogP contribution in [-0.4, -0.2) is 42.4 Å². The van der Waals surface area contributed by atoms with Crippen molar-refractivity contribution in [2.75, 3.05) is 24.5 Å². The van der Waals surface area contributed by atoms with Crippen LogP contribution in [0.4, 0.5) is 10.1 Å². The zero-order valence-electron chi connectivity index (χ0n) is 15.6. The van der Waals surface area contributed by atoms with Gasteiger partial charge >= 0.3 is 0 Å². The summed E-state index contributed by atoms with van der Waals surface area (Å²) in [6, 6.07) is 9.25. The minimum absolute atomic E-state index is 0.160. The zero-order chi connectivity index (χ0) is 19.5. The molecule has 2 amide bonds. The summed E-state index contributed by atoms with van der Waals surface area (Å²) in [6.45, 7) is 3.88. The summed E-state index contributed by atoms with van der Waals surface area (Å²) in [7, 11) is 0. The Morgan fingerprint density at radius 3 is 2.54 bits per heavy atom. The first-order valence-corrected chi connectivity index (χ1v) is 10.6. The van der Waals surface area contributed by atoms with E-state index in [1.165, 1.54) is 34.0 Å². The topological polar surface area (TPSA) is 52.7 Å². The molecule has 148 valence electrons. The second kappa shape index (κ2) is 8.51. The minimum atomic E-state index is -0.485. The molecule has 0 aliphatic carbocycles. The van der Waals surface area contributed by atoms with Crippen LogP contribution < -0.4 is 10.2 Å². The molecule has 3 heterocycles. The highest BCUT2D eigenvalue weighted by Crippen LogP contribution is 2.24. The number of carbonyl (C=O) groups excluding carboxylic acids is 2. The van der Waals surface area contributed by atoms with Crippen LogP contribution in [0.2, 0.25) is 0 Å². The first-order valence-electron chi connectivity index (χ1n) is 9.70. The van der Waals surface area contributed by atoms with Gasteiger partial charge in [0.2, 0.25) is 5.91 Å². The molecule has 2 fully saturated rings. The van der Waals surface area contributed by atoms with Crippen molar-refractivity contribution in [2.45, 2.75) is 31.8 Å². The van der Waals surface area contributed by atoms with Gasteiger partial charge in [-0.3, -0.25) is 14.5 Å². The number of carbonyl (C=O) groups is 2. The van der Waals surface area contributed by atoms with Crippen LogP contribution in [0.1, 0.15) is 24.1 Å². The van der Waals surface area contributed by atoms with Crippen molar-refractivity contribution < 1.29 is 14.0 Å². The standard InChI is InChI=1S/C21H24FN3O2S/c22-16-3-5-17(6-4-16)25-20(26)12-19(21(25)27)23-13-15-7-9-24(10-8-15)14-18-2-1-11-28-18/h1-6,11,15,19,23H,7-10,12-14H2. The van der Waals surface area contributed by atoms with Gasteiger partial charge in [0.25, 0.3) is 5.91 Å². The van der Waals surface area contributed by atoms with Gasteiger partial charge in [-0.1, -0.05) is 6.07 Å². The summed E-state index contributed by atoms with van der Waals surface area (Å²) in [6.07, 6.45) is 2.34. The fraction of sp³-hybridized carbons (Fsp3) is 0.429. The minimum Gasteiger partial charge on any atom is -0.305 e. The molecule has 1 N–H and O–H groups in total. The molecule has 1 aromatic carbocycles. The summed E-state index contributed by atoms with van der Waals surface area (Å²) in [5.74, 6) is -0.350. The number of benzene rings is 1. The number of thiophene rings is 1. The first-order chi connectivity index (χ1) is 13.6. The van der Waals surface area contributed by atoms with Gasteiger partial charge in [-0.2, -0.15) is 0 Å². The smallest absolute Gasteiger partial charge is 0.251 e. The fourth-order valence-corrected chi connectivity index (χ4v) is 4.68. The average Bonchev–Trinajstić information content (AvgIpc) is 3.30. The maximum atomic E-state index is 13.1. The zero-order valence-corrected chi connectivity index (χ0v) is 16.5. The summed E-state index contributed by atoms with van der Waals surface area (Å²) >= 11 is 1.80. The molecule has 0 bridgehead atoms. The number of piperidine rings is 1. The third-order valence-electron chi connectivity index (χ3n) is 5.55. The van der Waals surface area contributed by atoms with Crippen LogP contribution >= 0.6 is 11.3 Å². The molecule has 2 saturated heterocycles. The van der Waals surface area contributed by atoms with Crippen molar-refractivity contribution in [3.05, 3.63) is 52.5 Å². The SMILES string of the molecule is O=C1CC(NCC2CCN(Cc3cccs3)CC2)C(=O)N1c1ccc(F)cc1. The first kappa shape index (κ1) is 19.2. The molecule has 0 spiro atoms. The van der Waals surface area contributed by atoms with Crippen LogP contribution in [0, 0.1) is 11.7 Å². The van der Waals surface area contributed by atoms with E-state index in [0.717, 1.165) is 39.0 Å². The quantitative estimate of drug-likeness (QED) is 0.756. The summed E-state index contributed by atoms with van der Waals surface area (Å²) in [5, 5.41) is 5.41. The van der Waals surface area contributed by atoms with Crippen molar-refractivity contribution in [3.8, 4) is 0 Å². The number of hydrogen-bond donors (Lipinski definition) is 1. The van der Waals surface area contributed by atoms with Crippen LogP contribution in [0.15, 0.2) is 41.8 Å². The average molecular weight is 402 g/mol. The van der Waals surface area contributed by atoms with Crippen molar-refractivity contribution in [3.63, 3.8) is 0 Å². The predicted octanol–water partition coefficient (Wildman–Crippen LogP) is 3.02. The third kappa shape index (κ3) is 4.32. The lowest BCUT2D eigenvalue weighted by Crippen LogP contribution is -2.43. The number of nitrogens with one attached hydrogen (secondary N) is 1. The van der Waals surface area contributed by atoms with Gasteiger partial charge in [0.05, 0.1) is 18.2 Å². The van der Waals surface area contributed by atoms with Crippen LogP contribution in [0.25, 0.3) is 0 Å².